The third-order valence-electron chi connectivity index (χ3n) is 4.48. The first-order valence-electron chi connectivity index (χ1n) is 9.02. The summed E-state index contributed by atoms with van der Waals surface area (Å²) in [4.78, 5) is 38.4. The fraction of sp³-hybridized carbons (Fsp3) is 0.450. The highest BCUT2D eigenvalue weighted by Gasteiger charge is 2.41. The number of aromatic nitrogens is 1. The summed E-state index contributed by atoms with van der Waals surface area (Å²) < 4.78 is 12.0. The van der Waals surface area contributed by atoms with Crippen LogP contribution < -0.4 is 10.5 Å². The van der Waals surface area contributed by atoms with Gasteiger partial charge in [-0.15, -0.1) is 0 Å². The van der Waals surface area contributed by atoms with Gasteiger partial charge in [0.1, 0.15) is 5.60 Å². The van der Waals surface area contributed by atoms with E-state index in [0.29, 0.717) is 11.2 Å². The quantitative estimate of drug-likeness (QED) is 0.787. The van der Waals surface area contributed by atoms with Crippen LogP contribution in [0, 0.1) is 0 Å². The molecule has 8 nitrogen and oxygen atoms in total. The number of anilines is 1. The van der Waals surface area contributed by atoms with Crippen LogP contribution in [0.4, 0.5) is 5.69 Å². The Kier molecular flexibility index (Phi) is 5.27. The number of aryl methyl sites for hydroxylation is 1. The van der Waals surface area contributed by atoms with Gasteiger partial charge in [-0.2, -0.15) is 0 Å². The smallest absolute Gasteiger partial charge is 0.338 e. The molecule has 8 heteroatoms. The van der Waals surface area contributed by atoms with Crippen LogP contribution in [-0.2, 0) is 26.1 Å². The molecule has 1 aliphatic heterocycles. The lowest BCUT2D eigenvalue weighted by atomic mass is 10.1. The topological polar surface area (TPSA) is 98.1 Å². The minimum Gasteiger partial charge on any atom is -0.458 e. The Bertz CT molecular complexity index is 975. The first-order chi connectivity index (χ1) is 13.1. The van der Waals surface area contributed by atoms with Crippen molar-refractivity contribution in [1.29, 1.82) is 0 Å². The fourth-order valence-corrected chi connectivity index (χ4v) is 3.10. The van der Waals surface area contributed by atoms with Crippen LogP contribution in [-0.4, -0.2) is 52.5 Å². The van der Waals surface area contributed by atoms with Crippen molar-refractivity contribution < 1.29 is 24.2 Å². The van der Waals surface area contributed by atoms with Gasteiger partial charge in [-0.05, 0) is 44.4 Å². The monoisotopic (exact) mass is 388 g/mol. The molecule has 0 aliphatic carbocycles. The van der Waals surface area contributed by atoms with Gasteiger partial charge in [-0.3, -0.25) is 9.59 Å². The lowest BCUT2D eigenvalue weighted by Crippen LogP contribution is -2.55. The average Bonchev–Trinajstić information content (AvgIpc) is 2.63. The van der Waals surface area contributed by atoms with Crippen LogP contribution in [0.2, 0.25) is 0 Å². The summed E-state index contributed by atoms with van der Waals surface area (Å²) in [7, 11) is 1.66. The Balaban J connectivity index is 1.88. The second kappa shape index (κ2) is 7.37. The minimum absolute atomic E-state index is 0.155. The highest BCUT2D eigenvalue weighted by molar-refractivity contribution is 6.01. The highest BCUT2D eigenvalue weighted by atomic mass is 16.6. The van der Waals surface area contributed by atoms with Crippen LogP contribution >= 0.6 is 0 Å². The van der Waals surface area contributed by atoms with E-state index in [2.05, 4.69) is 0 Å². The number of aliphatic hydroxyl groups excluding tert-OH is 1. The zero-order valence-electron chi connectivity index (χ0n) is 16.3. The van der Waals surface area contributed by atoms with Crippen molar-refractivity contribution in [2.45, 2.75) is 38.6 Å². The molecule has 150 valence electrons. The van der Waals surface area contributed by atoms with Crippen molar-refractivity contribution >= 4 is 28.5 Å². The number of aliphatic hydroxyl groups is 1. The second-order valence-electron chi connectivity index (χ2n) is 7.73. The number of rotatable bonds is 3. The maximum absolute atomic E-state index is 12.9. The van der Waals surface area contributed by atoms with Gasteiger partial charge in [-0.1, -0.05) is 6.07 Å². The predicted molar refractivity (Wildman–Crippen MR) is 103 cm³/mol. The van der Waals surface area contributed by atoms with Gasteiger partial charge >= 0.3 is 5.97 Å². The molecule has 0 radical (unpaired) electrons. The number of hydrogen-bond acceptors (Lipinski definition) is 6. The van der Waals surface area contributed by atoms with Crippen molar-refractivity contribution in [1.82, 2.24) is 4.57 Å². The molecule has 1 aromatic heterocycles. The molecule has 0 bridgehead atoms. The maximum Gasteiger partial charge on any atom is 0.338 e. The molecule has 1 fully saturated rings. The van der Waals surface area contributed by atoms with Gasteiger partial charge in [0, 0.05) is 25.3 Å². The largest absolute Gasteiger partial charge is 0.458 e. The van der Waals surface area contributed by atoms with E-state index in [0.717, 1.165) is 5.39 Å². The number of carbonyl (C=O) groups excluding carboxylic acids is 2. The molecule has 2 heterocycles. The van der Waals surface area contributed by atoms with Crippen molar-refractivity contribution in [2.75, 3.05) is 18.1 Å². The van der Waals surface area contributed by atoms with Crippen LogP contribution in [0.15, 0.2) is 35.1 Å². The van der Waals surface area contributed by atoms with Gasteiger partial charge in [0.2, 0.25) is 0 Å². The number of carbonyl (C=O) groups is 2. The summed E-state index contributed by atoms with van der Waals surface area (Å²) in [6.07, 6.45) is -3.07. The van der Waals surface area contributed by atoms with E-state index in [9.17, 15) is 19.5 Å². The summed E-state index contributed by atoms with van der Waals surface area (Å²) in [6, 6.07) is 8.50. The molecular formula is C20H24N2O6. The van der Waals surface area contributed by atoms with E-state index < -0.39 is 29.7 Å². The molecule has 2 aromatic rings. The Morgan fingerprint density at radius 3 is 2.61 bits per heavy atom. The molecule has 1 aromatic carbocycles. The number of nitrogens with zero attached hydrogens (tertiary/aromatic N) is 2. The van der Waals surface area contributed by atoms with E-state index >= 15 is 0 Å². The molecular weight excluding hydrogens is 364 g/mol. The highest BCUT2D eigenvalue weighted by Crippen LogP contribution is 2.25. The number of esters is 1. The van der Waals surface area contributed by atoms with Crippen molar-refractivity contribution in [3.05, 3.63) is 40.7 Å². The van der Waals surface area contributed by atoms with E-state index in [1.807, 2.05) is 6.07 Å². The van der Waals surface area contributed by atoms with Crippen molar-refractivity contribution in [3.63, 3.8) is 0 Å². The van der Waals surface area contributed by atoms with Crippen LogP contribution in [0.5, 0.6) is 0 Å². The van der Waals surface area contributed by atoms with Gasteiger partial charge in [0.15, 0.2) is 12.2 Å². The number of ether oxygens (including phenoxy) is 2. The Hall–Kier alpha value is -2.71. The average molecular weight is 388 g/mol. The lowest BCUT2D eigenvalue weighted by molar-refractivity contribution is -0.177. The molecule has 1 aliphatic rings. The Morgan fingerprint density at radius 1 is 1.25 bits per heavy atom. The summed E-state index contributed by atoms with van der Waals surface area (Å²) in [5.41, 5.74) is 0.284. The fourth-order valence-electron chi connectivity index (χ4n) is 3.10. The molecule has 0 saturated carbocycles. The van der Waals surface area contributed by atoms with Crippen LogP contribution in [0.1, 0.15) is 20.8 Å². The molecule has 0 spiro atoms. The summed E-state index contributed by atoms with van der Waals surface area (Å²) in [6.45, 7) is 5.44. The molecule has 28 heavy (non-hydrogen) atoms. The number of amides is 1. The first kappa shape index (κ1) is 20.0. The van der Waals surface area contributed by atoms with Gasteiger partial charge in [0.05, 0.1) is 12.1 Å². The third-order valence-corrected chi connectivity index (χ3v) is 4.48. The number of pyridine rings is 1. The van der Waals surface area contributed by atoms with Gasteiger partial charge < -0.3 is 24.0 Å². The number of fused-ring (bicyclic) bond motifs is 1. The summed E-state index contributed by atoms with van der Waals surface area (Å²) in [5.74, 6) is -1.45. The van der Waals surface area contributed by atoms with Crippen molar-refractivity contribution in [2.24, 2.45) is 7.05 Å². The third kappa shape index (κ3) is 3.93. The maximum atomic E-state index is 12.9. The van der Waals surface area contributed by atoms with Crippen LogP contribution in [0.25, 0.3) is 10.9 Å². The molecule has 1 amide bonds. The zero-order valence-corrected chi connectivity index (χ0v) is 16.3. The number of benzene rings is 1. The summed E-state index contributed by atoms with van der Waals surface area (Å²) in [5, 5.41) is 11.2. The number of morpholine rings is 1. The lowest BCUT2D eigenvalue weighted by Gasteiger charge is -2.34. The normalized spacial score (nSPS) is 19.0. The second-order valence-corrected chi connectivity index (χ2v) is 7.73. The van der Waals surface area contributed by atoms with Gasteiger partial charge in [0.25, 0.3) is 11.5 Å². The first-order valence-corrected chi connectivity index (χ1v) is 9.02. The zero-order chi connectivity index (χ0) is 20.6. The van der Waals surface area contributed by atoms with E-state index in [-0.39, 0.29) is 18.7 Å². The van der Waals surface area contributed by atoms with E-state index in [1.165, 1.54) is 15.5 Å². The standard InChI is InChI=1S/C20H24N2O6/c1-20(2,3)28-19(26)16(24)17-18(25)22(9-10-27-17)13-7-5-12-6-8-15(23)21(4)14(12)11-13/h5-8,11,16-17,24H,9-10H2,1-4H3/t16-,17-/m1/s1. The summed E-state index contributed by atoms with van der Waals surface area (Å²) >= 11 is 0. The van der Waals surface area contributed by atoms with Crippen LogP contribution in [0.3, 0.4) is 0 Å². The SMILES string of the molecule is Cn1c(=O)ccc2ccc(N3CCO[C@H]([C@@H](O)C(=O)OC(C)(C)C)C3=O)cc21. The predicted octanol–water partition coefficient (Wildman–Crippen LogP) is 0.973. The van der Waals surface area contributed by atoms with E-state index in [4.69, 9.17) is 9.47 Å². The Morgan fingerprint density at radius 2 is 1.93 bits per heavy atom. The molecule has 1 N–H and O–H groups in total. The molecule has 0 unspecified atom stereocenters. The molecule has 1 saturated heterocycles. The molecule has 2 atom stereocenters. The minimum atomic E-state index is -1.72. The van der Waals surface area contributed by atoms with Crippen molar-refractivity contribution in [3.8, 4) is 0 Å². The van der Waals surface area contributed by atoms with E-state index in [1.54, 1.807) is 46.0 Å². The number of hydrogen-bond donors (Lipinski definition) is 1. The Labute approximate surface area is 162 Å². The van der Waals surface area contributed by atoms with Gasteiger partial charge in [-0.25, -0.2) is 4.79 Å². The molecule has 3 rings (SSSR count).